The molecule has 0 aromatic heterocycles. The van der Waals surface area contributed by atoms with Crippen LogP contribution in [-0.4, -0.2) is 12.0 Å². The van der Waals surface area contributed by atoms with Gasteiger partial charge in [0.15, 0.2) is 0 Å². The maximum Gasteiger partial charge on any atom is 0.273 e. The Labute approximate surface area is 78.3 Å². The molecule has 13 heteroatoms. The van der Waals surface area contributed by atoms with E-state index in [1.165, 1.54) is 0 Å². The minimum absolute atomic E-state index is 0.567. The maximum absolute atomic E-state index is 10.5. The fourth-order valence-corrected chi connectivity index (χ4v) is 3.37. The highest BCUT2D eigenvalue weighted by Gasteiger charge is 2.20. The second-order valence-electron chi connectivity index (χ2n) is 1.83. The molecular formula is CH5NO9P3-3. The first-order chi connectivity index (χ1) is 5.97. The first-order valence-corrected chi connectivity index (χ1v) is 7.28. The Bertz CT molecular complexity index is 329. The lowest BCUT2D eigenvalue weighted by Gasteiger charge is -2.33. The van der Waals surface area contributed by atoms with Crippen LogP contribution in [0.1, 0.15) is 0 Å². The Morgan fingerprint density at radius 1 is 1.21 bits per heavy atom. The van der Waals surface area contributed by atoms with Crippen LogP contribution in [0.4, 0.5) is 0 Å². The van der Waals surface area contributed by atoms with Gasteiger partial charge in [-0.05, 0) is 0 Å². The summed E-state index contributed by atoms with van der Waals surface area (Å²) in [6, 6.07) is 0. The van der Waals surface area contributed by atoms with Gasteiger partial charge in [0, 0.05) is 7.11 Å². The molecule has 14 heavy (non-hydrogen) atoms. The third kappa shape index (κ3) is 6.80. The van der Waals surface area contributed by atoms with Crippen molar-refractivity contribution in [2.75, 3.05) is 7.11 Å². The SMILES string of the molecule is COP(=O)([O-])OP(=O)([O-])NP(=O)([O-])O. The summed E-state index contributed by atoms with van der Waals surface area (Å²) in [5.74, 6) is 0. The number of phosphoric ester groups is 1. The molecule has 10 nitrogen and oxygen atoms in total. The zero-order valence-electron chi connectivity index (χ0n) is 6.55. The predicted molar refractivity (Wildman–Crippen MR) is 36.3 cm³/mol. The Morgan fingerprint density at radius 3 is 1.93 bits per heavy atom. The Kier molecular flexibility index (Phi) is 4.64. The van der Waals surface area contributed by atoms with Gasteiger partial charge in [-0.15, -0.1) is 0 Å². The summed E-state index contributed by atoms with van der Waals surface area (Å²) in [5, 5.41) is 0. The van der Waals surface area contributed by atoms with Crippen LogP contribution >= 0.6 is 23.3 Å². The second-order valence-corrected chi connectivity index (χ2v) is 6.58. The summed E-state index contributed by atoms with van der Waals surface area (Å²) in [5.41, 5.74) is 0. The number of hydrogen-bond donors (Lipinski definition) is 2. The lowest BCUT2D eigenvalue weighted by molar-refractivity contribution is -0.231. The molecule has 0 aliphatic rings. The fourth-order valence-electron chi connectivity index (χ4n) is 0.338. The van der Waals surface area contributed by atoms with E-state index < -0.39 is 23.3 Å². The quantitative estimate of drug-likeness (QED) is 0.513. The molecule has 0 rings (SSSR count). The highest BCUT2D eigenvalue weighted by Crippen LogP contribution is 2.55. The summed E-state index contributed by atoms with van der Waals surface area (Å²) >= 11 is 0. The number of hydrogen-bond acceptors (Lipinski definition) is 8. The lowest BCUT2D eigenvalue weighted by atomic mass is 11.8. The van der Waals surface area contributed by atoms with E-state index in [-0.39, 0.29) is 0 Å². The van der Waals surface area contributed by atoms with E-state index >= 15 is 0 Å². The van der Waals surface area contributed by atoms with Crippen molar-refractivity contribution >= 4 is 23.3 Å². The average molecular weight is 268 g/mol. The molecule has 3 unspecified atom stereocenters. The number of phosphoric acid groups is 1. The van der Waals surface area contributed by atoms with E-state index in [0.29, 0.717) is 12.0 Å². The molecule has 0 bridgehead atoms. The second kappa shape index (κ2) is 4.51. The van der Waals surface area contributed by atoms with Crippen molar-refractivity contribution < 1.29 is 42.1 Å². The van der Waals surface area contributed by atoms with Crippen molar-refractivity contribution in [3.63, 3.8) is 0 Å². The third-order valence-electron chi connectivity index (χ3n) is 0.680. The normalized spacial score (nSPS) is 24.6. The van der Waals surface area contributed by atoms with Crippen molar-refractivity contribution in [2.24, 2.45) is 0 Å². The molecule has 0 radical (unpaired) electrons. The average Bonchev–Trinajstić information content (AvgIpc) is 1.78. The summed E-state index contributed by atoms with van der Waals surface area (Å²) < 4.78 is 37.8. The van der Waals surface area contributed by atoms with Crippen LogP contribution in [0.2, 0.25) is 0 Å². The molecule has 3 atom stereocenters. The minimum Gasteiger partial charge on any atom is -0.766 e. The molecule has 0 aliphatic carbocycles. The molecular weight excluding hydrogens is 263 g/mol. The lowest BCUT2D eigenvalue weighted by Crippen LogP contribution is -2.24. The van der Waals surface area contributed by atoms with E-state index in [4.69, 9.17) is 4.89 Å². The molecule has 2 N–H and O–H groups in total. The van der Waals surface area contributed by atoms with Gasteiger partial charge in [-0.1, -0.05) is 0 Å². The molecule has 0 aromatic carbocycles. The van der Waals surface area contributed by atoms with Gasteiger partial charge in [-0.3, -0.25) is 18.0 Å². The van der Waals surface area contributed by atoms with Crippen LogP contribution < -0.4 is 19.5 Å². The molecule has 0 saturated heterocycles. The third-order valence-corrected chi connectivity index (χ3v) is 4.78. The Morgan fingerprint density at radius 2 is 1.64 bits per heavy atom. The Hall–Kier alpha value is 0.410. The molecule has 0 spiro atoms. The number of rotatable bonds is 5. The van der Waals surface area contributed by atoms with Crippen LogP contribution in [-0.2, 0) is 22.5 Å². The van der Waals surface area contributed by atoms with Gasteiger partial charge in [0.25, 0.3) is 7.82 Å². The molecule has 86 valence electrons. The highest BCUT2D eigenvalue weighted by atomic mass is 31.3. The largest absolute Gasteiger partial charge is 0.766 e. The van der Waals surface area contributed by atoms with Crippen LogP contribution in [0.5, 0.6) is 0 Å². The number of nitrogens with one attached hydrogen (secondary N) is 1. The van der Waals surface area contributed by atoms with Crippen molar-refractivity contribution in [3.8, 4) is 0 Å². The van der Waals surface area contributed by atoms with Crippen LogP contribution in [0.15, 0.2) is 0 Å². The van der Waals surface area contributed by atoms with Gasteiger partial charge in [-0.25, -0.2) is 0 Å². The zero-order chi connectivity index (χ0) is 11.6. The standard InChI is InChI=1S/CH8NO9P3/c1-10-14(8,9)11-13(6,7)2-12(3,4)5/h1H3,(H,8,9)(H4,2,3,4,5,6,7)/p-3. The van der Waals surface area contributed by atoms with Crippen LogP contribution in [0.25, 0.3) is 0 Å². The van der Waals surface area contributed by atoms with Gasteiger partial charge < -0.3 is 24.1 Å². The topological polar surface area (TPSA) is 171 Å². The molecule has 0 aromatic rings. The zero-order valence-corrected chi connectivity index (χ0v) is 9.24. The molecule has 0 aliphatic heterocycles. The smallest absolute Gasteiger partial charge is 0.273 e. The summed E-state index contributed by atoms with van der Waals surface area (Å²) in [4.78, 5) is 39.5. The minimum atomic E-state index is -5.48. The maximum atomic E-state index is 10.5. The van der Waals surface area contributed by atoms with E-state index in [1.54, 1.807) is 0 Å². The van der Waals surface area contributed by atoms with Crippen LogP contribution in [0.3, 0.4) is 0 Å². The first kappa shape index (κ1) is 14.4. The van der Waals surface area contributed by atoms with Crippen molar-refractivity contribution in [1.29, 1.82) is 0 Å². The van der Waals surface area contributed by atoms with Gasteiger partial charge in [-0.2, -0.15) is 4.86 Å². The molecule has 0 fully saturated rings. The summed E-state index contributed by atoms with van der Waals surface area (Å²) in [7, 11) is -15.4. The first-order valence-electron chi connectivity index (χ1n) is 2.70. The molecule has 0 heterocycles. The van der Waals surface area contributed by atoms with E-state index in [0.717, 1.165) is 0 Å². The molecule has 0 amide bonds. The molecule has 0 saturated carbocycles. The van der Waals surface area contributed by atoms with Crippen LogP contribution in [0, 0.1) is 0 Å². The van der Waals surface area contributed by atoms with Gasteiger partial charge in [0.05, 0.1) is 0 Å². The summed E-state index contributed by atoms with van der Waals surface area (Å²) in [6.45, 7) is 0. The van der Waals surface area contributed by atoms with Gasteiger partial charge in [0.2, 0.25) is 15.5 Å². The predicted octanol–water partition coefficient (Wildman–Crippen LogP) is -2.36. The van der Waals surface area contributed by atoms with Gasteiger partial charge in [0.1, 0.15) is 0 Å². The Balaban J connectivity index is 4.60. The van der Waals surface area contributed by atoms with E-state index in [9.17, 15) is 28.4 Å². The monoisotopic (exact) mass is 268 g/mol. The van der Waals surface area contributed by atoms with Crippen molar-refractivity contribution in [2.45, 2.75) is 0 Å². The highest BCUT2D eigenvalue weighted by molar-refractivity contribution is 7.69. The van der Waals surface area contributed by atoms with Crippen molar-refractivity contribution in [1.82, 2.24) is 4.86 Å². The van der Waals surface area contributed by atoms with Gasteiger partial charge >= 0.3 is 0 Å². The van der Waals surface area contributed by atoms with E-state index in [1.807, 2.05) is 0 Å². The fraction of sp³-hybridized carbons (Fsp3) is 1.00. The van der Waals surface area contributed by atoms with Crippen molar-refractivity contribution in [3.05, 3.63) is 0 Å². The van der Waals surface area contributed by atoms with E-state index in [2.05, 4.69) is 8.83 Å². The summed E-state index contributed by atoms with van der Waals surface area (Å²) in [6.07, 6.45) is 0.